The summed E-state index contributed by atoms with van der Waals surface area (Å²) in [6.45, 7) is 7.18. The van der Waals surface area contributed by atoms with Crippen LogP contribution < -0.4 is 15.4 Å². The second kappa shape index (κ2) is 7.65. The summed E-state index contributed by atoms with van der Waals surface area (Å²) in [7, 11) is 0. The van der Waals surface area contributed by atoms with E-state index in [1.807, 2.05) is 0 Å². The number of rotatable bonds is 5. The lowest BCUT2D eigenvalue weighted by Crippen LogP contribution is -2.45. The molecule has 1 aromatic carbocycles. The second-order valence-electron chi connectivity index (χ2n) is 5.81. The molecule has 1 atom stereocenters. The van der Waals surface area contributed by atoms with Gasteiger partial charge in [-0.2, -0.15) is 0 Å². The van der Waals surface area contributed by atoms with Crippen LogP contribution in [-0.2, 0) is 9.53 Å². The first kappa shape index (κ1) is 18.9. The predicted molar refractivity (Wildman–Crippen MR) is 92.6 cm³/mol. The number of aromatic hydroxyl groups is 1. The molecule has 0 saturated heterocycles. The van der Waals surface area contributed by atoms with Crippen molar-refractivity contribution in [2.45, 2.75) is 39.8 Å². The number of esters is 1. The third-order valence-corrected chi connectivity index (χ3v) is 3.80. The van der Waals surface area contributed by atoms with Crippen LogP contribution >= 0.6 is 11.6 Å². The van der Waals surface area contributed by atoms with Gasteiger partial charge in [0.1, 0.15) is 0 Å². The van der Waals surface area contributed by atoms with Crippen molar-refractivity contribution < 1.29 is 24.2 Å². The fourth-order valence-electron chi connectivity index (χ4n) is 2.52. The average molecular weight is 369 g/mol. The molecular weight excluding hydrogens is 348 g/mol. The first-order chi connectivity index (χ1) is 11.7. The number of carbonyl (C=O) groups excluding carboxylic acids is 2. The monoisotopic (exact) mass is 368 g/mol. The summed E-state index contributed by atoms with van der Waals surface area (Å²) >= 11 is 6.07. The number of nitrogens with one attached hydrogen (secondary N) is 2. The minimum atomic E-state index is -0.780. The zero-order chi connectivity index (χ0) is 18.7. The predicted octanol–water partition coefficient (Wildman–Crippen LogP) is 3.02. The van der Waals surface area contributed by atoms with Gasteiger partial charge in [0.2, 0.25) is 0 Å². The SMILES string of the molecule is CCOc1cc(C2NC(=O)NC(C)=C2C(=O)OC(C)C)cc(Cl)c1O. The molecule has 0 bridgehead atoms. The highest BCUT2D eigenvalue weighted by molar-refractivity contribution is 6.32. The van der Waals surface area contributed by atoms with Crippen molar-refractivity contribution in [1.29, 1.82) is 0 Å². The van der Waals surface area contributed by atoms with Gasteiger partial charge in [0.15, 0.2) is 11.5 Å². The van der Waals surface area contributed by atoms with Crippen molar-refractivity contribution in [3.63, 3.8) is 0 Å². The number of carbonyl (C=O) groups is 2. The van der Waals surface area contributed by atoms with Crippen LogP contribution in [0.3, 0.4) is 0 Å². The smallest absolute Gasteiger partial charge is 0.338 e. The second-order valence-corrected chi connectivity index (χ2v) is 6.21. The van der Waals surface area contributed by atoms with Crippen LogP contribution in [0.5, 0.6) is 11.5 Å². The van der Waals surface area contributed by atoms with E-state index in [2.05, 4.69) is 10.6 Å². The van der Waals surface area contributed by atoms with E-state index in [9.17, 15) is 14.7 Å². The Morgan fingerprint density at radius 1 is 1.40 bits per heavy atom. The summed E-state index contributed by atoms with van der Waals surface area (Å²) in [5.74, 6) is -0.571. The fraction of sp³-hybridized carbons (Fsp3) is 0.412. The molecule has 0 fully saturated rings. The minimum absolute atomic E-state index is 0.0583. The maximum atomic E-state index is 12.5. The summed E-state index contributed by atoms with van der Waals surface area (Å²) in [5, 5.41) is 15.3. The molecule has 1 unspecified atom stereocenters. The van der Waals surface area contributed by atoms with Crippen molar-refractivity contribution in [3.8, 4) is 11.5 Å². The van der Waals surface area contributed by atoms with Gasteiger partial charge in [-0.25, -0.2) is 9.59 Å². The van der Waals surface area contributed by atoms with E-state index in [0.29, 0.717) is 17.9 Å². The van der Waals surface area contributed by atoms with Crippen LogP contribution in [0.2, 0.25) is 5.02 Å². The molecule has 0 aliphatic carbocycles. The number of hydrogen-bond donors (Lipinski definition) is 3. The summed E-state index contributed by atoms with van der Waals surface area (Å²) in [6, 6.07) is 1.78. The maximum absolute atomic E-state index is 12.5. The molecule has 0 saturated carbocycles. The normalized spacial score (nSPS) is 17.2. The lowest BCUT2D eigenvalue weighted by Gasteiger charge is -2.29. The molecule has 3 N–H and O–H groups in total. The zero-order valence-corrected chi connectivity index (χ0v) is 15.2. The van der Waals surface area contributed by atoms with Crippen molar-refractivity contribution >= 4 is 23.6 Å². The topological polar surface area (TPSA) is 96.9 Å². The molecule has 25 heavy (non-hydrogen) atoms. The first-order valence-electron chi connectivity index (χ1n) is 7.89. The molecule has 0 aromatic heterocycles. The van der Waals surface area contributed by atoms with Gasteiger partial charge in [0.05, 0.1) is 29.3 Å². The van der Waals surface area contributed by atoms with Crippen LogP contribution in [0.25, 0.3) is 0 Å². The van der Waals surface area contributed by atoms with E-state index in [1.54, 1.807) is 27.7 Å². The number of halogens is 1. The average Bonchev–Trinajstić information content (AvgIpc) is 2.50. The number of phenols is 1. The molecule has 1 aromatic rings. The molecule has 1 aliphatic rings. The Labute approximate surface area is 150 Å². The number of hydrogen-bond acceptors (Lipinski definition) is 5. The molecular formula is C17H21ClN2O5. The van der Waals surface area contributed by atoms with E-state index >= 15 is 0 Å². The molecule has 7 nitrogen and oxygen atoms in total. The number of urea groups is 1. The number of allylic oxidation sites excluding steroid dienone is 1. The first-order valence-corrected chi connectivity index (χ1v) is 8.26. The number of amides is 2. The third-order valence-electron chi connectivity index (χ3n) is 3.52. The standard InChI is InChI=1S/C17H21ClN2O5/c1-5-24-12-7-10(6-11(18)15(12)21)14-13(16(22)25-8(2)3)9(4)19-17(23)20-14/h6-8,14,21H,5H2,1-4H3,(H2,19,20,23). The van der Waals surface area contributed by atoms with Crippen LogP contribution in [0.4, 0.5) is 4.79 Å². The third kappa shape index (κ3) is 4.17. The lowest BCUT2D eigenvalue weighted by atomic mass is 9.95. The van der Waals surface area contributed by atoms with Gasteiger partial charge in [-0.05, 0) is 45.4 Å². The van der Waals surface area contributed by atoms with E-state index in [4.69, 9.17) is 21.1 Å². The highest BCUT2D eigenvalue weighted by atomic mass is 35.5. The van der Waals surface area contributed by atoms with Crippen LogP contribution in [-0.4, -0.2) is 29.8 Å². The van der Waals surface area contributed by atoms with Gasteiger partial charge in [0, 0.05) is 5.70 Å². The minimum Gasteiger partial charge on any atom is -0.503 e. The Bertz CT molecular complexity index is 730. The van der Waals surface area contributed by atoms with Gasteiger partial charge in [-0.15, -0.1) is 0 Å². The lowest BCUT2D eigenvalue weighted by molar-refractivity contribution is -0.143. The van der Waals surface area contributed by atoms with Gasteiger partial charge in [-0.3, -0.25) is 0 Å². The molecule has 0 spiro atoms. The Morgan fingerprint density at radius 2 is 2.08 bits per heavy atom. The number of ether oxygens (including phenoxy) is 2. The highest BCUT2D eigenvalue weighted by Crippen LogP contribution is 2.39. The zero-order valence-electron chi connectivity index (χ0n) is 14.5. The molecule has 1 heterocycles. The molecule has 2 rings (SSSR count). The van der Waals surface area contributed by atoms with Crippen molar-refractivity contribution in [2.75, 3.05) is 6.61 Å². The largest absolute Gasteiger partial charge is 0.503 e. The molecule has 2 amide bonds. The van der Waals surface area contributed by atoms with Gasteiger partial charge in [0.25, 0.3) is 0 Å². The quantitative estimate of drug-likeness (QED) is 0.694. The van der Waals surface area contributed by atoms with Gasteiger partial charge < -0.3 is 25.2 Å². The Kier molecular flexibility index (Phi) is 5.79. The van der Waals surface area contributed by atoms with Crippen LogP contribution in [0.1, 0.15) is 39.3 Å². The number of benzene rings is 1. The van der Waals surface area contributed by atoms with Crippen molar-refractivity contribution in [3.05, 3.63) is 34.0 Å². The Balaban J connectivity index is 2.52. The maximum Gasteiger partial charge on any atom is 0.338 e. The summed E-state index contributed by atoms with van der Waals surface area (Å²) in [6.07, 6.45) is -0.312. The van der Waals surface area contributed by atoms with E-state index in [-0.39, 0.29) is 28.2 Å². The molecule has 8 heteroatoms. The van der Waals surface area contributed by atoms with Crippen molar-refractivity contribution in [2.24, 2.45) is 0 Å². The number of phenolic OH excluding ortho intramolecular Hbond substituents is 1. The molecule has 1 aliphatic heterocycles. The summed E-state index contributed by atoms with van der Waals surface area (Å²) in [5.41, 5.74) is 1.15. The van der Waals surface area contributed by atoms with E-state index in [0.717, 1.165) is 0 Å². The van der Waals surface area contributed by atoms with Crippen molar-refractivity contribution in [1.82, 2.24) is 10.6 Å². The van der Waals surface area contributed by atoms with Crippen LogP contribution in [0.15, 0.2) is 23.4 Å². The van der Waals surface area contributed by atoms with E-state index in [1.165, 1.54) is 12.1 Å². The summed E-state index contributed by atoms with van der Waals surface area (Å²) < 4.78 is 10.6. The van der Waals surface area contributed by atoms with Gasteiger partial charge >= 0.3 is 12.0 Å². The summed E-state index contributed by atoms with van der Waals surface area (Å²) in [4.78, 5) is 24.4. The molecule has 136 valence electrons. The van der Waals surface area contributed by atoms with Crippen LogP contribution in [0, 0.1) is 0 Å². The van der Waals surface area contributed by atoms with E-state index < -0.39 is 18.0 Å². The Morgan fingerprint density at radius 3 is 2.68 bits per heavy atom. The highest BCUT2D eigenvalue weighted by Gasteiger charge is 2.33. The van der Waals surface area contributed by atoms with Gasteiger partial charge in [-0.1, -0.05) is 11.6 Å². The fourth-order valence-corrected chi connectivity index (χ4v) is 2.74. The molecule has 0 radical (unpaired) electrons. The Hall–Kier alpha value is -2.41.